The molecule has 0 atom stereocenters. The quantitative estimate of drug-likeness (QED) is 0.635. The van der Waals surface area contributed by atoms with Crippen molar-refractivity contribution >= 4 is 11.6 Å². The molecule has 64 valence electrons. The highest BCUT2D eigenvalue weighted by Crippen LogP contribution is 2.30. The molecule has 0 unspecified atom stereocenters. The van der Waals surface area contributed by atoms with Crippen LogP contribution in [0.2, 0.25) is 0 Å². The second-order valence-corrected chi connectivity index (χ2v) is 2.63. The van der Waals surface area contributed by atoms with E-state index in [0.717, 1.165) is 0 Å². The van der Waals surface area contributed by atoms with Crippen molar-refractivity contribution in [1.82, 2.24) is 0 Å². The minimum absolute atomic E-state index is 0.0158. The van der Waals surface area contributed by atoms with E-state index in [1.54, 1.807) is 18.2 Å². The number of rotatable bonds is 0. The average Bonchev–Trinajstić information content (AvgIpc) is 2.17. The van der Waals surface area contributed by atoms with Gasteiger partial charge in [0.2, 0.25) is 0 Å². The van der Waals surface area contributed by atoms with Gasteiger partial charge in [-0.1, -0.05) is 6.07 Å². The molecule has 2 rings (SSSR count). The first-order valence-electron chi connectivity index (χ1n) is 3.77. The molecule has 0 fully saturated rings. The summed E-state index contributed by atoms with van der Waals surface area (Å²) in [4.78, 5) is 10.9. The van der Waals surface area contributed by atoms with Gasteiger partial charge in [0, 0.05) is 0 Å². The number of carbonyl (C=O) groups excluding carboxylic acids is 1. The zero-order valence-corrected chi connectivity index (χ0v) is 6.70. The van der Waals surface area contributed by atoms with E-state index in [1.165, 1.54) is 0 Å². The van der Waals surface area contributed by atoms with Gasteiger partial charge >= 0.3 is 0 Å². The second-order valence-electron chi connectivity index (χ2n) is 2.63. The van der Waals surface area contributed by atoms with Crippen LogP contribution < -0.4 is 10.1 Å². The molecule has 4 nitrogen and oxygen atoms in total. The Kier molecular flexibility index (Phi) is 1.64. The van der Waals surface area contributed by atoms with E-state index in [2.05, 4.69) is 5.32 Å². The van der Waals surface area contributed by atoms with Crippen molar-refractivity contribution in [3.05, 3.63) is 23.8 Å². The third-order valence-electron chi connectivity index (χ3n) is 1.77. The Hall–Kier alpha value is -2.02. The van der Waals surface area contributed by atoms with Gasteiger partial charge in [0.1, 0.15) is 17.5 Å². The smallest absolute Gasteiger partial charge is 0.262 e. The van der Waals surface area contributed by atoms with E-state index in [4.69, 9.17) is 10.00 Å². The number of anilines is 1. The number of fused-ring (bicyclic) bond motifs is 1. The molecule has 4 heteroatoms. The summed E-state index contributed by atoms with van der Waals surface area (Å²) in [7, 11) is 0. The van der Waals surface area contributed by atoms with Gasteiger partial charge < -0.3 is 10.1 Å². The Bertz CT molecular complexity index is 407. The van der Waals surface area contributed by atoms with Crippen molar-refractivity contribution in [1.29, 1.82) is 5.26 Å². The number of nitrogens with zero attached hydrogens (tertiary/aromatic N) is 1. The molecule has 1 aliphatic heterocycles. The molecule has 1 aliphatic rings. The van der Waals surface area contributed by atoms with Crippen LogP contribution in [0, 0.1) is 11.3 Å². The highest BCUT2D eigenvalue weighted by atomic mass is 16.5. The Balaban J connectivity index is 2.54. The van der Waals surface area contributed by atoms with Crippen LogP contribution in [0.5, 0.6) is 5.75 Å². The summed E-state index contributed by atoms with van der Waals surface area (Å²) in [5.41, 5.74) is 0.895. The van der Waals surface area contributed by atoms with Gasteiger partial charge in [0.05, 0.1) is 5.56 Å². The molecule has 0 saturated carbocycles. The summed E-state index contributed by atoms with van der Waals surface area (Å²) in [6, 6.07) is 7.05. The van der Waals surface area contributed by atoms with Crippen LogP contribution in [0.3, 0.4) is 0 Å². The summed E-state index contributed by atoms with van der Waals surface area (Å²) >= 11 is 0. The number of para-hydroxylation sites is 1. The highest BCUT2D eigenvalue weighted by Gasteiger charge is 2.18. The van der Waals surface area contributed by atoms with E-state index in [0.29, 0.717) is 17.0 Å². The van der Waals surface area contributed by atoms with Gasteiger partial charge in [-0.05, 0) is 12.1 Å². The zero-order chi connectivity index (χ0) is 9.26. The third kappa shape index (κ3) is 1.20. The van der Waals surface area contributed by atoms with Gasteiger partial charge in [-0.25, -0.2) is 0 Å². The first-order valence-corrected chi connectivity index (χ1v) is 3.77. The fourth-order valence-corrected chi connectivity index (χ4v) is 1.19. The van der Waals surface area contributed by atoms with Gasteiger partial charge in [-0.2, -0.15) is 5.26 Å². The maximum Gasteiger partial charge on any atom is 0.262 e. The molecule has 0 spiro atoms. The van der Waals surface area contributed by atoms with Gasteiger partial charge in [0.15, 0.2) is 6.61 Å². The fourth-order valence-electron chi connectivity index (χ4n) is 1.19. The minimum atomic E-state index is -0.227. The number of nitriles is 1. The number of hydrogen-bond acceptors (Lipinski definition) is 3. The lowest BCUT2D eigenvalue weighted by molar-refractivity contribution is -0.118. The lowest BCUT2D eigenvalue weighted by Crippen LogP contribution is -2.25. The molecule has 1 heterocycles. The predicted molar refractivity (Wildman–Crippen MR) is 45.3 cm³/mol. The number of benzene rings is 1. The second kappa shape index (κ2) is 2.79. The molecule has 1 aromatic rings. The highest BCUT2D eigenvalue weighted by molar-refractivity contribution is 5.96. The van der Waals surface area contributed by atoms with Crippen LogP contribution in [-0.4, -0.2) is 12.5 Å². The number of nitrogens with one attached hydrogen (secondary N) is 1. The molecular weight excluding hydrogens is 168 g/mol. The van der Waals surface area contributed by atoms with Gasteiger partial charge in [-0.15, -0.1) is 0 Å². The van der Waals surface area contributed by atoms with Crippen molar-refractivity contribution in [3.63, 3.8) is 0 Å². The van der Waals surface area contributed by atoms with E-state index in [-0.39, 0.29) is 12.5 Å². The minimum Gasteiger partial charge on any atom is -0.482 e. The van der Waals surface area contributed by atoms with Crippen LogP contribution >= 0.6 is 0 Å². The van der Waals surface area contributed by atoms with Crippen LogP contribution in [0.4, 0.5) is 5.69 Å². The van der Waals surface area contributed by atoms with Crippen molar-refractivity contribution in [3.8, 4) is 11.8 Å². The van der Waals surface area contributed by atoms with Crippen molar-refractivity contribution in [2.24, 2.45) is 0 Å². The molecule has 0 radical (unpaired) electrons. The molecule has 1 N–H and O–H groups in total. The molecule has 0 bridgehead atoms. The average molecular weight is 174 g/mol. The first-order chi connectivity index (χ1) is 6.31. The normalized spacial score (nSPS) is 13.6. The summed E-state index contributed by atoms with van der Waals surface area (Å²) in [5.74, 6) is 0.328. The Morgan fingerprint density at radius 3 is 3.15 bits per heavy atom. The number of carbonyl (C=O) groups is 1. The molecular formula is C9H6N2O2. The molecule has 0 aromatic heterocycles. The SMILES string of the molecule is N#Cc1cccc2c1NC(=O)CO2. The van der Waals surface area contributed by atoms with E-state index in [9.17, 15) is 4.79 Å². The number of amides is 1. The van der Waals surface area contributed by atoms with Crippen LogP contribution in [0.15, 0.2) is 18.2 Å². The maximum absolute atomic E-state index is 10.9. The summed E-state index contributed by atoms with van der Waals surface area (Å²) < 4.78 is 5.12. The lowest BCUT2D eigenvalue weighted by Gasteiger charge is -2.18. The first kappa shape index (κ1) is 7.62. The largest absolute Gasteiger partial charge is 0.482 e. The maximum atomic E-state index is 10.9. The van der Waals surface area contributed by atoms with E-state index in [1.807, 2.05) is 6.07 Å². The predicted octanol–water partition coefficient (Wildman–Crippen LogP) is 0.889. The van der Waals surface area contributed by atoms with E-state index < -0.39 is 0 Å². The fraction of sp³-hybridized carbons (Fsp3) is 0.111. The van der Waals surface area contributed by atoms with Crippen molar-refractivity contribution < 1.29 is 9.53 Å². The summed E-state index contributed by atoms with van der Waals surface area (Å²) in [6.07, 6.45) is 0. The van der Waals surface area contributed by atoms with Crippen LogP contribution in [-0.2, 0) is 4.79 Å². The Labute approximate surface area is 74.7 Å². The van der Waals surface area contributed by atoms with Crippen molar-refractivity contribution in [2.75, 3.05) is 11.9 Å². The Morgan fingerprint density at radius 1 is 1.54 bits per heavy atom. The third-order valence-corrected chi connectivity index (χ3v) is 1.77. The molecule has 0 saturated heterocycles. The van der Waals surface area contributed by atoms with Crippen molar-refractivity contribution in [2.45, 2.75) is 0 Å². The number of ether oxygens (including phenoxy) is 1. The standard InChI is InChI=1S/C9H6N2O2/c10-4-6-2-1-3-7-9(6)11-8(12)5-13-7/h1-3H,5H2,(H,11,12). The molecule has 0 aliphatic carbocycles. The monoisotopic (exact) mass is 174 g/mol. The topological polar surface area (TPSA) is 62.1 Å². The van der Waals surface area contributed by atoms with E-state index >= 15 is 0 Å². The molecule has 1 amide bonds. The zero-order valence-electron chi connectivity index (χ0n) is 6.70. The molecule has 1 aromatic carbocycles. The van der Waals surface area contributed by atoms with Gasteiger partial charge in [0.25, 0.3) is 5.91 Å². The van der Waals surface area contributed by atoms with Gasteiger partial charge in [-0.3, -0.25) is 4.79 Å². The van der Waals surface area contributed by atoms with Crippen LogP contribution in [0.25, 0.3) is 0 Å². The lowest BCUT2D eigenvalue weighted by atomic mass is 10.1. The van der Waals surface area contributed by atoms with Crippen LogP contribution in [0.1, 0.15) is 5.56 Å². The summed E-state index contributed by atoms with van der Waals surface area (Å²) in [6.45, 7) is 0.0158. The molecule has 13 heavy (non-hydrogen) atoms. The Morgan fingerprint density at radius 2 is 2.38 bits per heavy atom. The number of hydrogen-bond donors (Lipinski definition) is 1. The summed E-state index contributed by atoms with van der Waals surface area (Å²) in [5, 5.41) is 11.3.